The molecule has 0 radical (unpaired) electrons. The molecule has 1 aromatic carbocycles. The molecule has 1 saturated carbocycles. The maximum atomic E-state index is 12.4. The number of carbonyl (C=O) groups is 1. The van der Waals surface area contributed by atoms with Crippen molar-refractivity contribution in [1.29, 1.82) is 0 Å². The fraction of sp³-hybridized carbons (Fsp3) is 0.591. The molecule has 2 heterocycles. The number of hydrogen-bond acceptors (Lipinski definition) is 3. The molecule has 28 heavy (non-hydrogen) atoms. The van der Waals surface area contributed by atoms with Crippen molar-refractivity contribution < 1.29 is 9.53 Å². The Balaban J connectivity index is 1.48. The Morgan fingerprint density at radius 1 is 1.46 bits per heavy atom. The van der Waals surface area contributed by atoms with Crippen LogP contribution >= 0.6 is 0 Å². The zero-order chi connectivity index (χ0) is 19.7. The first-order valence-electron chi connectivity index (χ1n) is 10.3. The molecule has 1 aliphatic heterocycles. The number of benzene rings is 1. The van der Waals surface area contributed by atoms with Gasteiger partial charge in [-0.15, -0.1) is 0 Å². The van der Waals surface area contributed by atoms with E-state index in [0.29, 0.717) is 17.5 Å². The standard InChI is InChI=1S/C22H28N4O2/c1-4-16(2)12-25-14-22(28-21(25)27)9-5-6-17(11-22)13-26-15-24-19-8-7-18(23-3)10-20(19)26/h7-8,10,15-17H,4-6,9,11-14H2,1-2H3/t16-,17-,22-/m0/s1. The molecule has 1 aromatic heterocycles. The van der Waals surface area contributed by atoms with E-state index in [1.807, 2.05) is 29.4 Å². The molecule has 148 valence electrons. The predicted molar refractivity (Wildman–Crippen MR) is 108 cm³/mol. The van der Waals surface area contributed by atoms with Crippen molar-refractivity contribution in [3.8, 4) is 0 Å². The summed E-state index contributed by atoms with van der Waals surface area (Å²) in [5, 5.41) is 0. The Hall–Kier alpha value is -2.55. The maximum Gasteiger partial charge on any atom is 0.410 e. The van der Waals surface area contributed by atoms with Gasteiger partial charge in [0.2, 0.25) is 0 Å². The van der Waals surface area contributed by atoms with Crippen molar-refractivity contribution in [1.82, 2.24) is 14.5 Å². The lowest BCUT2D eigenvalue weighted by molar-refractivity contribution is 0.00414. The lowest BCUT2D eigenvalue weighted by atomic mass is 9.78. The van der Waals surface area contributed by atoms with Gasteiger partial charge in [-0.05, 0) is 49.7 Å². The molecule has 0 unspecified atom stereocenters. The quantitative estimate of drug-likeness (QED) is 0.685. The lowest BCUT2D eigenvalue weighted by Crippen LogP contribution is -2.41. The molecule has 1 amide bonds. The smallest absolute Gasteiger partial charge is 0.410 e. The number of carbonyl (C=O) groups excluding carboxylic acids is 1. The highest BCUT2D eigenvalue weighted by Crippen LogP contribution is 2.41. The summed E-state index contributed by atoms with van der Waals surface area (Å²) >= 11 is 0. The summed E-state index contributed by atoms with van der Waals surface area (Å²) in [6.07, 6.45) is 6.86. The molecule has 1 aliphatic carbocycles. The zero-order valence-electron chi connectivity index (χ0n) is 16.7. The molecule has 1 spiro atoms. The van der Waals surface area contributed by atoms with Gasteiger partial charge in [0.1, 0.15) is 5.60 Å². The van der Waals surface area contributed by atoms with E-state index in [1.165, 1.54) is 0 Å². The van der Waals surface area contributed by atoms with Crippen LogP contribution in [0.3, 0.4) is 0 Å². The molecule has 2 aliphatic rings. The Bertz CT molecular complexity index is 915. The van der Waals surface area contributed by atoms with Gasteiger partial charge in [-0.2, -0.15) is 0 Å². The van der Waals surface area contributed by atoms with Crippen LogP contribution in [0.1, 0.15) is 46.0 Å². The maximum absolute atomic E-state index is 12.4. The first-order chi connectivity index (χ1) is 13.5. The van der Waals surface area contributed by atoms with E-state index in [1.54, 1.807) is 0 Å². The minimum absolute atomic E-state index is 0.143. The Morgan fingerprint density at radius 3 is 3.11 bits per heavy atom. The highest BCUT2D eigenvalue weighted by molar-refractivity contribution is 5.79. The van der Waals surface area contributed by atoms with Crippen molar-refractivity contribution in [3.05, 3.63) is 35.9 Å². The van der Waals surface area contributed by atoms with Gasteiger partial charge in [-0.25, -0.2) is 14.6 Å². The van der Waals surface area contributed by atoms with Gasteiger partial charge >= 0.3 is 6.09 Å². The molecule has 6 heteroatoms. The molecule has 0 bridgehead atoms. The van der Waals surface area contributed by atoms with Crippen LogP contribution in [0.5, 0.6) is 0 Å². The number of rotatable bonds is 5. The van der Waals surface area contributed by atoms with Gasteiger partial charge < -0.3 is 14.2 Å². The zero-order valence-corrected chi connectivity index (χ0v) is 16.7. The third-order valence-corrected chi connectivity index (χ3v) is 6.36. The summed E-state index contributed by atoms with van der Waals surface area (Å²) in [5.41, 5.74) is 2.24. The minimum atomic E-state index is -0.328. The summed E-state index contributed by atoms with van der Waals surface area (Å²) in [5.74, 6) is 0.940. The highest BCUT2D eigenvalue weighted by Gasteiger charge is 2.47. The average molecular weight is 380 g/mol. The highest BCUT2D eigenvalue weighted by atomic mass is 16.6. The number of fused-ring (bicyclic) bond motifs is 1. The molecule has 2 fully saturated rings. The van der Waals surface area contributed by atoms with Crippen LogP contribution in [-0.2, 0) is 11.3 Å². The summed E-state index contributed by atoms with van der Waals surface area (Å²) in [6, 6.07) is 5.64. The Labute approximate surface area is 166 Å². The Kier molecular flexibility index (Phi) is 5.01. The van der Waals surface area contributed by atoms with E-state index in [0.717, 1.165) is 62.8 Å². The SMILES string of the molecule is [C-]#[N+]c1ccc2ncn(C[C@H]3CCC[C@]4(C3)CN(C[C@@H](C)CC)C(=O)O4)c2c1. The van der Waals surface area contributed by atoms with E-state index >= 15 is 0 Å². The van der Waals surface area contributed by atoms with Gasteiger partial charge in [0, 0.05) is 13.1 Å². The fourth-order valence-corrected chi connectivity index (χ4v) is 4.71. The van der Waals surface area contributed by atoms with Gasteiger partial charge in [0.05, 0.1) is 30.5 Å². The van der Waals surface area contributed by atoms with Crippen LogP contribution in [0.25, 0.3) is 15.9 Å². The van der Waals surface area contributed by atoms with Crippen molar-refractivity contribution in [3.63, 3.8) is 0 Å². The van der Waals surface area contributed by atoms with E-state index < -0.39 is 0 Å². The summed E-state index contributed by atoms with van der Waals surface area (Å²) in [4.78, 5) is 22.4. The molecular formula is C22H28N4O2. The van der Waals surface area contributed by atoms with Gasteiger partial charge in [-0.1, -0.05) is 26.3 Å². The summed E-state index contributed by atoms with van der Waals surface area (Å²) < 4.78 is 8.10. The fourth-order valence-electron chi connectivity index (χ4n) is 4.71. The van der Waals surface area contributed by atoms with Crippen LogP contribution < -0.4 is 0 Å². The van der Waals surface area contributed by atoms with Crippen LogP contribution in [0, 0.1) is 18.4 Å². The monoisotopic (exact) mass is 380 g/mol. The number of hydrogen-bond donors (Lipinski definition) is 0. The first kappa shape index (κ1) is 18.8. The van der Waals surface area contributed by atoms with Gasteiger partial charge in [0.15, 0.2) is 5.69 Å². The third-order valence-electron chi connectivity index (χ3n) is 6.36. The van der Waals surface area contributed by atoms with E-state index in [-0.39, 0.29) is 11.7 Å². The number of aromatic nitrogens is 2. The Morgan fingerprint density at radius 2 is 2.32 bits per heavy atom. The number of imidazole rings is 1. The van der Waals surface area contributed by atoms with Crippen molar-refractivity contribution >= 4 is 22.8 Å². The molecule has 2 aromatic rings. The van der Waals surface area contributed by atoms with Gasteiger partial charge in [-0.3, -0.25) is 0 Å². The average Bonchev–Trinajstić information content (AvgIpc) is 3.22. The van der Waals surface area contributed by atoms with Crippen LogP contribution in [0.2, 0.25) is 0 Å². The molecule has 6 nitrogen and oxygen atoms in total. The largest absolute Gasteiger partial charge is 0.441 e. The second-order valence-corrected chi connectivity index (χ2v) is 8.59. The minimum Gasteiger partial charge on any atom is -0.441 e. The van der Waals surface area contributed by atoms with Crippen LogP contribution in [0.4, 0.5) is 10.5 Å². The summed E-state index contributed by atoms with van der Waals surface area (Å²) in [7, 11) is 0. The van der Waals surface area contributed by atoms with E-state index in [9.17, 15) is 4.79 Å². The predicted octanol–water partition coefficient (Wildman–Crippen LogP) is 5.01. The normalized spacial score (nSPS) is 25.8. The number of amides is 1. The number of ether oxygens (including phenoxy) is 1. The molecular weight excluding hydrogens is 352 g/mol. The molecule has 4 rings (SSSR count). The summed E-state index contributed by atoms with van der Waals surface area (Å²) in [6.45, 7) is 13.9. The lowest BCUT2D eigenvalue weighted by Gasteiger charge is -2.36. The van der Waals surface area contributed by atoms with E-state index in [2.05, 4.69) is 28.2 Å². The van der Waals surface area contributed by atoms with Gasteiger partial charge in [0.25, 0.3) is 0 Å². The number of nitrogens with zero attached hydrogens (tertiary/aromatic N) is 4. The van der Waals surface area contributed by atoms with Crippen molar-refractivity contribution in [2.75, 3.05) is 13.1 Å². The molecule has 1 saturated heterocycles. The topological polar surface area (TPSA) is 51.7 Å². The third kappa shape index (κ3) is 3.58. The first-order valence-corrected chi connectivity index (χ1v) is 10.3. The van der Waals surface area contributed by atoms with Crippen LogP contribution in [0.15, 0.2) is 24.5 Å². The van der Waals surface area contributed by atoms with Crippen molar-refractivity contribution in [2.45, 2.75) is 58.1 Å². The second kappa shape index (κ2) is 7.46. The molecule has 0 N–H and O–H groups in total. The van der Waals surface area contributed by atoms with E-state index in [4.69, 9.17) is 11.3 Å². The van der Waals surface area contributed by atoms with Crippen LogP contribution in [-0.4, -0.2) is 39.2 Å². The van der Waals surface area contributed by atoms with Crippen molar-refractivity contribution in [2.24, 2.45) is 11.8 Å². The molecule has 3 atom stereocenters. The second-order valence-electron chi connectivity index (χ2n) is 8.59.